The lowest BCUT2D eigenvalue weighted by atomic mass is 9.86. The van der Waals surface area contributed by atoms with Crippen LogP contribution in [0.3, 0.4) is 0 Å². The highest BCUT2D eigenvalue weighted by Gasteiger charge is 2.18. The van der Waals surface area contributed by atoms with Gasteiger partial charge in [0.05, 0.1) is 0 Å². The molecule has 6 nitrogen and oxygen atoms in total. The minimum atomic E-state index is 0.0974. The van der Waals surface area contributed by atoms with Crippen LogP contribution in [0.15, 0.2) is 162 Å². The Morgan fingerprint density at radius 2 is 0.638 bits per heavy atom. The standard InChI is InChI=1S/C29H30BrN3.C21H14IN3/c1-28(2,3)22-13-7-19(8-14-22)25-31-26(20-9-15-23(16-10-20)29(4,5)6)33-27(32-25)21-11-17-24(30)18-12-21;22-18-13-7-12-17(14-18)21-24-19(15-8-3-1-4-9-15)23-20(25-21)16-10-5-2-6-11-16/h7-18H,1-6H3;1-14H. The highest BCUT2D eigenvalue weighted by molar-refractivity contribution is 14.1. The van der Waals surface area contributed by atoms with Crippen LogP contribution >= 0.6 is 38.5 Å². The molecular weight excluding hydrogens is 891 g/mol. The van der Waals surface area contributed by atoms with E-state index in [9.17, 15) is 0 Å². The van der Waals surface area contributed by atoms with Crippen molar-refractivity contribution in [1.29, 1.82) is 0 Å². The molecule has 0 aliphatic carbocycles. The second kappa shape index (κ2) is 17.6. The van der Waals surface area contributed by atoms with Crippen LogP contribution in [0.2, 0.25) is 0 Å². The van der Waals surface area contributed by atoms with E-state index in [0.717, 1.165) is 41.4 Å². The molecule has 8 rings (SSSR count). The third-order valence-electron chi connectivity index (χ3n) is 9.54. The molecule has 8 heteroatoms. The summed E-state index contributed by atoms with van der Waals surface area (Å²) in [6.45, 7) is 13.3. The molecule has 0 fully saturated rings. The van der Waals surface area contributed by atoms with Gasteiger partial charge in [-0.05, 0) is 68.8 Å². The van der Waals surface area contributed by atoms with E-state index in [1.54, 1.807) is 0 Å². The SMILES string of the molecule is CC(C)(C)c1ccc(-c2nc(-c3ccc(Br)cc3)nc(-c3ccc(C(C)(C)C)cc3)n2)cc1.Ic1cccc(-c2nc(-c3ccccc3)nc(-c3ccccc3)n2)c1. The topological polar surface area (TPSA) is 77.3 Å². The highest BCUT2D eigenvalue weighted by atomic mass is 127. The molecule has 8 aromatic rings. The Bertz CT molecular complexity index is 2480. The highest BCUT2D eigenvalue weighted by Crippen LogP contribution is 2.30. The van der Waals surface area contributed by atoms with Gasteiger partial charge in [0.25, 0.3) is 0 Å². The molecule has 0 saturated carbocycles. The molecule has 0 aliphatic rings. The van der Waals surface area contributed by atoms with Gasteiger partial charge in [-0.1, -0.05) is 191 Å². The maximum atomic E-state index is 4.87. The number of benzene rings is 6. The van der Waals surface area contributed by atoms with Crippen molar-refractivity contribution in [3.05, 3.63) is 177 Å². The van der Waals surface area contributed by atoms with E-state index in [2.05, 4.69) is 141 Å². The van der Waals surface area contributed by atoms with Crippen LogP contribution in [0.25, 0.3) is 68.3 Å². The molecule has 0 radical (unpaired) electrons. The summed E-state index contributed by atoms with van der Waals surface area (Å²) in [6, 6.07) is 53.3. The molecule has 2 aromatic heterocycles. The van der Waals surface area contributed by atoms with Crippen LogP contribution in [0.4, 0.5) is 0 Å². The molecule has 58 heavy (non-hydrogen) atoms. The third kappa shape index (κ3) is 10.2. The van der Waals surface area contributed by atoms with Crippen molar-refractivity contribution in [2.75, 3.05) is 0 Å². The van der Waals surface area contributed by atoms with E-state index < -0.39 is 0 Å². The number of nitrogens with zero attached hydrogens (tertiary/aromatic N) is 6. The monoisotopic (exact) mass is 934 g/mol. The maximum absolute atomic E-state index is 4.87. The zero-order valence-corrected chi connectivity index (χ0v) is 37.2. The van der Waals surface area contributed by atoms with Gasteiger partial charge < -0.3 is 0 Å². The quantitative estimate of drug-likeness (QED) is 0.155. The third-order valence-corrected chi connectivity index (χ3v) is 10.7. The Morgan fingerprint density at radius 1 is 0.345 bits per heavy atom. The lowest BCUT2D eigenvalue weighted by Crippen LogP contribution is -2.10. The van der Waals surface area contributed by atoms with Crippen molar-refractivity contribution in [3.8, 4) is 68.3 Å². The predicted octanol–water partition coefficient (Wildman–Crippen LogP) is 13.7. The molecule has 0 atom stereocenters. The van der Waals surface area contributed by atoms with Gasteiger partial charge in [-0.15, -0.1) is 0 Å². The first-order valence-corrected chi connectivity index (χ1v) is 21.0. The lowest BCUT2D eigenvalue weighted by molar-refractivity contribution is 0.590. The average molecular weight is 936 g/mol. The molecule has 0 amide bonds. The predicted molar refractivity (Wildman–Crippen MR) is 250 cm³/mol. The van der Waals surface area contributed by atoms with Gasteiger partial charge in [0, 0.05) is 41.4 Å². The lowest BCUT2D eigenvalue weighted by Gasteiger charge is -2.19. The average Bonchev–Trinajstić information content (AvgIpc) is 3.24. The Hall–Kier alpha value is -5.45. The molecule has 0 aliphatic heterocycles. The second-order valence-corrected chi connectivity index (χ2v) is 18.2. The smallest absolute Gasteiger partial charge is 0.164 e. The van der Waals surface area contributed by atoms with Crippen molar-refractivity contribution >= 4 is 38.5 Å². The summed E-state index contributed by atoms with van der Waals surface area (Å²) in [5, 5.41) is 0. The van der Waals surface area contributed by atoms with Crippen LogP contribution in [-0.2, 0) is 10.8 Å². The maximum Gasteiger partial charge on any atom is 0.164 e. The Kier molecular flexibility index (Phi) is 12.4. The number of rotatable bonds is 6. The Balaban J connectivity index is 0.000000183. The fraction of sp³-hybridized carbons (Fsp3) is 0.160. The van der Waals surface area contributed by atoms with E-state index >= 15 is 0 Å². The number of hydrogen-bond donors (Lipinski definition) is 0. The summed E-state index contributed by atoms with van der Waals surface area (Å²) in [5.74, 6) is 4.08. The summed E-state index contributed by atoms with van der Waals surface area (Å²) in [6.07, 6.45) is 0. The molecule has 2 heterocycles. The molecule has 0 saturated heterocycles. The first kappa shape index (κ1) is 40.7. The molecule has 0 spiro atoms. The van der Waals surface area contributed by atoms with Gasteiger partial charge in [-0.2, -0.15) is 0 Å². The van der Waals surface area contributed by atoms with Crippen molar-refractivity contribution in [3.63, 3.8) is 0 Å². The van der Waals surface area contributed by atoms with E-state index in [1.807, 2.05) is 97.1 Å². The first-order chi connectivity index (χ1) is 27.8. The number of hydrogen-bond acceptors (Lipinski definition) is 6. The van der Waals surface area contributed by atoms with Crippen LogP contribution in [0.5, 0.6) is 0 Å². The van der Waals surface area contributed by atoms with E-state index in [1.165, 1.54) is 11.1 Å². The number of halogens is 2. The summed E-state index contributed by atoms with van der Waals surface area (Å²) in [4.78, 5) is 28.7. The molecule has 0 unspecified atom stereocenters. The van der Waals surface area contributed by atoms with Crippen LogP contribution in [0.1, 0.15) is 52.7 Å². The van der Waals surface area contributed by atoms with E-state index in [4.69, 9.17) is 29.9 Å². The zero-order chi connectivity index (χ0) is 40.9. The van der Waals surface area contributed by atoms with Crippen molar-refractivity contribution in [1.82, 2.24) is 29.9 Å². The van der Waals surface area contributed by atoms with Crippen molar-refractivity contribution in [2.45, 2.75) is 52.4 Å². The van der Waals surface area contributed by atoms with Gasteiger partial charge in [-0.3, -0.25) is 0 Å². The number of aromatic nitrogens is 6. The minimum Gasteiger partial charge on any atom is -0.208 e. The molecule has 6 aromatic carbocycles. The first-order valence-electron chi connectivity index (χ1n) is 19.2. The molecule has 0 N–H and O–H groups in total. The van der Waals surface area contributed by atoms with Gasteiger partial charge in [0.15, 0.2) is 34.9 Å². The summed E-state index contributed by atoms with van der Waals surface area (Å²) in [7, 11) is 0. The van der Waals surface area contributed by atoms with Crippen LogP contribution in [-0.4, -0.2) is 29.9 Å². The largest absolute Gasteiger partial charge is 0.208 e. The normalized spacial score (nSPS) is 11.4. The summed E-state index contributed by atoms with van der Waals surface area (Å²) < 4.78 is 2.18. The van der Waals surface area contributed by atoms with Gasteiger partial charge in [0.1, 0.15) is 0 Å². The van der Waals surface area contributed by atoms with Gasteiger partial charge in [-0.25, -0.2) is 29.9 Å². The fourth-order valence-electron chi connectivity index (χ4n) is 6.17. The van der Waals surface area contributed by atoms with E-state index in [0.29, 0.717) is 34.9 Å². The Labute approximate surface area is 363 Å². The van der Waals surface area contributed by atoms with Crippen LogP contribution in [0, 0.1) is 3.57 Å². The molecule has 288 valence electrons. The Morgan fingerprint density at radius 3 is 0.966 bits per heavy atom. The van der Waals surface area contributed by atoms with Crippen LogP contribution < -0.4 is 0 Å². The van der Waals surface area contributed by atoms with Crippen molar-refractivity contribution < 1.29 is 0 Å². The molecule has 0 bridgehead atoms. The second-order valence-electron chi connectivity index (χ2n) is 16.0. The zero-order valence-electron chi connectivity index (χ0n) is 33.5. The van der Waals surface area contributed by atoms with Gasteiger partial charge >= 0.3 is 0 Å². The minimum absolute atomic E-state index is 0.0974. The van der Waals surface area contributed by atoms with Gasteiger partial charge in [0.2, 0.25) is 0 Å². The summed E-state index contributed by atoms with van der Waals surface area (Å²) in [5.41, 5.74) is 8.64. The fourth-order valence-corrected chi connectivity index (χ4v) is 6.97. The van der Waals surface area contributed by atoms with Crippen molar-refractivity contribution in [2.24, 2.45) is 0 Å². The molecular formula is C50H44BrIN6. The van der Waals surface area contributed by atoms with E-state index in [-0.39, 0.29) is 10.8 Å². The summed E-state index contributed by atoms with van der Waals surface area (Å²) >= 11 is 5.81.